The predicted molar refractivity (Wildman–Crippen MR) is 85.2 cm³/mol. The summed E-state index contributed by atoms with van der Waals surface area (Å²) in [4.78, 5) is 14.8. The molecule has 2 unspecified atom stereocenters. The summed E-state index contributed by atoms with van der Waals surface area (Å²) in [6, 6.07) is 5.73. The molecule has 0 radical (unpaired) electrons. The summed E-state index contributed by atoms with van der Waals surface area (Å²) in [5.41, 5.74) is 0.633. The lowest BCUT2D eigenvalue weighted by molar-refractivity contribution is 0.0598. The van der Waals surface area contributed by atoms with E-state index in [0.717, 1.165) is 12.8 Å². The Morgan fingerprint density at radius 3 is 2.00 bits per heavy atom. The van der Waals surface area contributed by atoms with Crippen molar-refractivity contribution in [3.8, 4) is 11.5 Å². The third-order valence-corrected chi connectivity index (χ3v) is 4.00. The van der Waals surface area contributed by atoms with E-state index < -0.39 is 0 Å². The minimum Gasteiger partial charge on any atom is -0.493 e. The normalized spacial score (nSPS) is 13.4. The molecule has 0 spiro atoms. The molecule has 0 aliphatic rings. The third kappa shape index (κ3) is 3.90. The van der Waals surface area contributed by atoms with Crippen LogP contribution < -0.4 is 9.47 Å². The molecule has 1 aromatic carbocycles. The van der Waals surface area contributed by atoms with E-state index in [1.54, 1.807) is 32.4 Å². The number of carbonyl (C=O) groups excluding carboxylic acids is 1. The molecule has 1 aromatic rings. The number of methoxy groups -OCH3 is 2. The van der Waals surface area contributed by atoms with Gasteiger partial charge >= 0.3 is 0 Å². The maximum absolute atomic E-state index is 12.8. The van der Waals surface area contributed by atoms with E-state index in [1.165, 1.54) is 0 Å². The quantitative estimate of drug-likeness (QED) is 0.768. The molecular formula is C17H27NO3. The molecule has 4 heteroatoms. The standard InChI is InChI=1S/C17H27NO3/c1-7-12(3)18(13(4)8-2)17(19)14-9-10-15(20-5)16(11-14)21-6/h9-13H,7-8H2,1-6H3. The molecule has 4 nitrogen and oxygen atoms in total. The Morgan fingerprint density at radius 2 is 1.57 bits per heavy atom. The zero-order valence-electron chi connectivity index (χ0n) is 14.0. The summed E-state index contributed by atoms with van der Waals surface area (Å²) in [5.74, 6) is 1.25. The lowest BCUT2D eigenvalue weighted by Gasteiger charge is -2.34. The van der Waals surface area contributed by atoms with Crippen LogP contribution in [0.1, 0.15) is 50.9 Å². The van der Waals surface area contributed by atoms with Crippen molar-refractivity contribution in [1.29, 1.82) is 0 Å². The number of amides is 1. The molecule has 0 saturated heterocycles. The summed E-state index contributed by atoms with van der Waals surface area (Å²) >= 11 is 0. The molecular weight excluding hydrogens is 266 g/mol. The molecule has 1 rings (SSSR count). The Hall–Kier alpha value is -1.71. The van der Waals surface area contributed by atoms with Crippen LogP contribution in [0, 0.1) is 0 Å². The van der Waals surface area contributed by atoms with Crippen LogP contribution in [0.3, 0.4) is 0 Å². The van der Waals surface area contributed by atoms with E-state index in [2.05, 4.69) is 27.7 Å². The molecule has 0 fully saturated rings. The van der Waals surface area contributed by atoms with Crippen LogP contribution in [0.5, 0.6) is 11.5 Å². The van der Waals surface area contributed by atoms with E-state index in [-0.39, 0.29) is 18.0 Å². The first-order valence-electron chi connectivity index (χ1n) is 7.54. The molecule has 0 aliphatic carbocycles. The predicted octanol–water partition coefficient (Wildman–Crippen LogP) is 3.74. The smallest absolute Gasteiger partial charge is 0.254 e. The van der Waals surface area contributed by atoms with Crippen molar-refractivity contribution in [1.82, 2.24) is 4.90 Å². The van der Waals surface area contributed by atoms with Crippen molar-refractivity contribution in [2.75, 3.05) is 14.2 Å². The summed E-state index contributed by atoms with van der Waals surface area (Å²) in [7, 11) is 3.16. The van der Waals surface area contributed by atoms with Crippen LogP contribution >= 0.6 is 0 Å². The minimum absolute atomic E-state index is 0.0413. The van der Waals surface area contributed by atoms with Gasteiger partial charge in [0.15, 0.2) is 11.5 Å². The average Bonchev–Trinajstić information content (AvgIpc) is 2.53. The van der Waals surface area contributed by atoms with Crippen LogP contribution in [-0.2, 0) is 0 Å². The van der Waals surface area contributed by atoms with Crippen molar-refractivity contribution in [2.45, 2.75) is 52.6 Å². The zero-order valence-corrected chi connectivity index (χ0v) is 14.0. The number of ether oxygens (including phenoxy) is 2. The zero-order chi connectivity index (χ0) is 16.0. The molecule has 0 aliphatic heterocycles. The Balaban J connectivity index is 3.14. The topological polar surface area (TPSA) is 38.8 Å². The molecule has 0 heterocycles. The van der Waals surface area contributed by atoms with Gasteiger partial charge in [-0.1, -0.05) is 13.8 Å². The molecule has 2 atom stereocenters. The molecule has 0 N–H and O–H groups in total. The second-order valence-electron chi connectivity index (χ2n) is 5.30. The molecule has 1 amide bonds. The van der Waals surface area contributed by atoms with Gasteiger partial charge in [0.05, 0.1) is 14.2 Å². The van der Waals surface area contributed by atoms with Gasteiger partial charge in [-0.15, -0.1) is 0 Å². The number of nitrogens with zero attached hydrogens (tertiary/aromatic N) is 1. The minimum atomic E-state index is 0.0413. The number of benzene rings is 1. The highest BCUT2D eigenvalue weighted by Crippen LogP contribution is 2.29. The maximum Gasteiger partial charge on any atom is 0.254 e. The van der Waals surface area contributed by atoms with Crippen molar-refractivity contribution in [3.05, 3.63) is 23.8 Å². The first-order valence-corrected chi connectivity index (χ1v) is 7.54. The Bertz CT molecular complexity index is 463. The SMILES string of the molecule is CCC(C)N(C(=O)c1ccc(OC)c(OC)c1)C(C)CC. The number of hydrogen-bond donors (Lipinski definition) is 0. The fraction of sp³-hybridized carbons (Fsp3) is 0.588. The second kappa shape index (κ2) is 7.91. The Kier molecular flexibility index (Phi) is 6.53. The molecule has 118 valence electrons. The van der Waals surface area contributed by atoms with Crippen LogP contribution in [-0.4, -0.2) is 37.1 Å². The van der Waals surface area contributed by atoms with Crippen LogP contribution in [0.2, 0.25) is 0 Å². The number of rotatable bonds is 7. The van der Waals surface area contributed by atoms with Gasteiger partial charge in [0.25, 0.3) is 5.91 Å². The summed E-state index contributed by atoms with van der Waals surface area (Å²) in [6.45, 7) is 8.37. The van der Waals surface area contributed by atoms with Crippen molar-refractivity contribution in [2.24, 2.45) is 0 Å². The van der Waals surface area contributed by atoms with E-state index in [0.29, 0.717) is 17.1 Å². The first kappa shape index (κ1) is 17.3. The lowest BCUT2D eigenvalue weighted by atomic mass is 10.1. The van der Waals surface area contributed by atoms with Gasteiger partial charge in [0, 0.05) is 17.6 Å². The average molecular weight is 293 g/mol. The fourth-order valence-electron chi connectivity index (χ4n) is 2.35. The van der Waals surface area contributed by atoms with Crippen LogP contribution in [0.15, 0.2) is 18.2 Å². The highest BCUT2D eigenvalue weighted by Gasteiger charge is 2.25. The number of carbonyl (C=O) groups is 1. The van der Waals surface area contributed by atoms with Crippen LogP contribution in [0.25, 0.3) is 0 Å². The Morgan fingerprint density at radius 1 is 1.05 bits per heavy atom. The lowest BCUT2D eigenvalue weighted by Crippen LogP contribution is -2.44. The van der Waals surface area contributed by atoms with E-state index in [9.17, 15) is 4.79 Å². The van der Waals surface area contributed by atoms with Gasteiger partial charge < -0.3 is 14.4 Å². The monoisotopic (exact) mass is 293 g/mol. The van der Waals surface area contributed by atoms with Gasteiger partial charge in [-0.25, -0.2) is 0 Å². The molecule has 0 saturated carbocycles. The molecule has 0 bridgehead atoms. The second-order valence-corrected chi connectivity index (χ2v) is 5.30. The highest BCUT2D eigenvalue weighted by atomic mass is 16.5. The summed E-state index contributed by atoms with van der Waals surface area (Å²) in [6.07, 6.45) is 1.87. The van der Waals surface area contributed by atoms with Gasteiger partial charge in [-0.05, 0) is 44.9 Å². The van der Waals surface area contributed by atoms with Crippen LogP contribution in [0.4, 0.5) is 0 Å². The van der Waals surface area contributed by atoms with Crippen molar-refractivity contribution < 1.29 is 14.3 Å². The van der Waals surface area contributed by atoms with Gasteiger partial charge in [-0.3, -0.25) is 4.79 Å². The van der Waals surface area contributed by atoms with E-state index in [1.807, 2.05) is 4.90 Å². The Labute approximate surface area is 128 Å². The summed E-state index contributed by atoms with van der Waals surface area (Å²) < 4.78 is 10.5. The maximum atomic E-state index is 12.8. The fourth-order valence-corrected chi connectivity index (χ4v) is 2.35. The largest absolute Gasteiger partial charge is 0.493 e. The van der Waals surface area contributed by atoms with Crippen molar-refractivity contribution in [3.63, 3.8) is 0 Å². The number of hydrogen-bond acceptors (Lipinski definition) is 3. The summed E-state index contributed by atoms with van der Waals surface area (Å²) in [5, 5.41) is 0. The van der Waals surface area contributed by atoms with Crippen molar-refractivity contribution >= 4 is 5.91 Å². The van der Waals surface area contributed by atoms with E-state index in [4.69, 9.17) is 9.47 Å². The van der Waals surface area contributed by atoms with E-state index >= 15 is 0 Å². The molecule has 21 heavy (non-hydrogen) atoms. The van der Waals surface area contributed by atoms with Gasteiger partial charge in [-0.2, -0.15) is 0 Å². The highest BCUT2D eigenvalue weighted by molar-refractivity contribution is 5.95. The van der Waals surface area contributed by atoms with Gasteiger partial charge in [0.2, 0.25) is 0 Å². The molecule has 0 aromatic heterocycles. The van der Waals surface area contributed by atoms with Gasteiger partial charge in [0.1, 0.15) is 0 Å². The first-order chi connectivity index (χ1) is 9.99. The third-order valence-electron chi connectivity index (χ3n) is 4.00.